The number of ether oxygens (including phenoxy) is 1. The van der Waals surface area contributed by atoms with Gasteiger partial charge in [-0.2, -0.15) is 0 Å². The van der Waals surface area contributed by atoms with Crippen molar-refractivity contribution in [1.29, 1.82) is 0 Å². The van der Waals surface area contributed by atoms with Crippen molar-refractivity contribution < 1.29 is 4.74 Å². The summed E-state index contributed by atoms with van der Waals surface area (Å²) in [5.41, 5.74) is 5.48. The van der Waals surface area contributed by atoms with Crippen LogP contribution in [0.3, 0.4) is 0 Å². The highest BCUT2D eigenvalue weighted by Crippen LogP contribution is 2.35. The summed E-state index contributed by atoms with van der Waals surface area (Å²) in [6.07, 6.45) is 2.39. The average Bonchev–Trinajstić information content (AvgIpc) is 2.87. The van der Waals surface area contributed by atoms with E-state index in [1.165, 1.54) is 22.3 Å². The first-order valence-electron chi connectivity index (χ1n) is 7.55. The number of alkyl halides is 1. The van der Waals surface area contributed by atoms with Crippen molar-refractivity contribution in [3.8, 4) is 5.75 Å². The van der Waals surface area contributed by atoms with Crippen LogP contribution in [0.4, 0.5) is 0 Å². The number of aryl methyl sites for hydroxylation is 2. The lowest BCUT2D eigenvalue weighted by atomic mass is 9.90. The van der Waals surface area contributed by atoms with Crippen LogP contribution in [0.25, 0.3) is 0 Å². The first-order valence-corrected chi connectivity index (χ1v) is 8.67. The standard InChI is InChI=1S/C19H21BrO/c1-13-7-8-19-15(9-13)10-17(21-19)11-16(12-20)18-6-4-3-5-14(18)2/h3-9,16-17H,10-12H2,1-2H3. The van der Waals surface area contributed by atoms with E-state index in [2.05, 4.69) is 72.2 Å². The van der Waals surface area contributed by atoms with Gasteiger partial charge in [0.25, 0.3) is 0 Å². The van der Waals surface area contributed by atoms with E-state index in [1.807, 2.05) is 0 Å². The van der Waals surface area contributed by atoms with E-state index in [0.29, 0.717) is 12.0 Å². The number of rotatable bonds is 4. The van der Waals surface area contributed by atoms with E-state index < -0.39 is 0 Å². The van der Waals surface area contributed by atoms with Crippen molar-refractivity contribution in [2.45, 2.75) is 38.7 Å². The van der Waals surface area contributed by atoms with Crippen LogP contribution in [-0.2, 0) is 6.42 Å². The van der Waals surface area contributed by atoms with Gasteiger partial charge in [0.1, 0.15) is 11.9 Å². The third kappa shape index (κ3) is 3.16. The number of fused-ring (bicyclic) bond motifs is 1. The topological polar surface area (TPSA) is 9.23 Å². The van der Waals surface area contributed by atoms with Gasteiger partial charge in [-0.05, 0) is 48.9 Å². The number of hydrogen-bond acceptors (Lipinski definition) is 1. The summed E-state index contributed by atoms with van der Waals surface area (Å²) in [4.78, 5) is 0. The van der Waals surface area contributed by atoms with E-state index in [9.17, 15) is 0 Å². The minimum atomic E-state index is 0.295. The Labute approximate surface area is 135 Å². The van der Waals surface area contributed by atoms with E-state index in [1.54, 1.807) is 0 Å². The summed E-state index contributed by atoms with van der Waals surface area (Å²) in [5, 5.41) is 0.979. The van der Waals surface area contributed by atoms with Crippen LogP contribution in [0.5, 0.6) is 5.75 Å². The fourth-order valence-corrected chi connectivity index (χ4v) is 3.83. The molecule has 1 aliphatic heterocycles. The Morgan fingerprint density at radius 1 is 1.19 bits per heavy atom. The molecule has 0 bridgehead atoms. The maximum atomic E-state index is 6.13. The molecular formula is C19H21BrO. The molecule has 0 radical (unpaired) electrons. The van der Waals surface area contributed by atoms with Crippen molar-refractivity contribution in [3.05, 3.63) is 64.7 Å². The molecule has 0 fully saturated rings. The summed E-state index contributed by atoms with van der Waals surface area (Å²) in [5.74, 6) is 1.58. The fraction of sp³-hybridized carbons (Fsp3) is 0.368. The molecule has 0 aliphatic carbocycles. The van der Waals surface area contributed by atoms with Gasteiger partial charge >= 0.3 is 0 Å². The van der Waals surface area contributed by atoms with Crippen LogP contribution in [0.2, 0.25) is 0 Å². The molecule has 0 amide bonds. The molecule has 0 saturated heterocycles. The Morgan fingerprint density at radius 2 is 2.00 bits per heavy atom. The molecule has 3 rings (SSSR count). The highest BCUT2D eigenvalue weighted by atomic mass is 79.9. The third-order valence-electron chi connectivity index (χ3n) is 4.32. The highest BCUT2D eigenvalue weighted by molar-refractivity contribution is 9.09. The van der Waals surface area contributed by atoms with Crippen LogP contribution in [0, 0.1) is 13.8 Å². The van der Waals surface area contributed by atoms with E-state index in [4.69, 9.17) is 4.74 Å². The quantitative estimate of drug-likeness (QED) is 0.694. The first-order chi connectivity index (χ1) is 10.2. The molecule has 1 heterocycles. The summed E-state index contributed by atoms with van der Waals surface area (Å²) in [6.45, 7) is 4.33. The molecule has 1 aliphatic rings. The van der Waals surface area contributed by atoms with Crippen molar-refractivity contribution in [2.24, 2.45) is 0 Å². The smallest absolute Gasteiger partial charge is 0.123 e. The molecular weight excluding hydrogens is 324 g/mol. The Morgan fingerprint density at radius 3 is 2.76 bits per heavy atom. The summed E-state index contributed by atoms with van der Waals surface area (Å²) in [7, 11) is 0. The second kappa shape index (κ2) is 6.23. The average molecular weight is 345 g/mol. The number of benzene rings is 2. The van der Waals surface area contributed by atoms with E-state index in [-0.39, 0.29) is 0 Å². The first kappa shape index (κ1) is 14.6. The molecule has 110 valence electrons. The Kier molecular flexibility index (Phi) is 4.34. The van der Waals surface area contributed by atoms with Gasteiger partial charge in [0.15, 0.2) is 0 Å². The molecule has 1 nitrogen and oxygen atoms in total. The lowest BCUT2D eigenvalue weighted by molar-refractivity contribution is 0.213. The minimum Gasteiger partial charge on any atom is -0.490 e. The van der Waals surface area contributed by atoms with Gasteiger partial charge in [0.2, 0.25) is 0 Å². The monoisotopic (exact) mass is 344 g/mol. The minimum absolute atomic E-state index is 0.295. The molecule has 0 N–H and O–H groups in total. The second-order valence-corrected chi connectivity index (χ2v) is 6.65. The van der Waals surface area contributed by atoms with Gasteiger partial charge in [0.05, 0.1) is 0 Å². The largest absolute Gasteiger partial charge is 0.490 e. The molecule has 0 spiro atoms. The highest BCUT2D eigenvalue weighted by Gasteiger charge is 2.26. The molecule has 0 aromatic heterocycles. The third-order valence-corrected chi connectivity index (χ3v) is 5.10. The maximum Gasteiger partial charge on any atom is 0.123 e. The van der Waals surface area contributed by atoms with Crippen molar-refractivity contribution in [3.63, 3.8) is 0 Å². The predicted octanol–water partition coefficient (Wildman–Crippen LogP) is 5.18. The van der Waals surface area contributed by atoms with E-state index in [0.717, 1.165) is 23.9 Å². The lowest BCUT2D eigenvalue weighted by Gasteiger charge is -2.20. The molecule has 2 heteroatoms. The summed E-state index contributed by atoms with van der Waals surface area (Å²) < 4.78 is 6.13. The predicted molar refractivity (Wildman–Crippen MR) is 91.6 cm³/mol. The fourth-order valence-electron chi connectivity index (χ4n) is 3.22. The van der Waals surface area contributed by atoms with Crippen LogP contribution in [0.15, 0.2) is 42.5 Å². The zero-order valence-electron chi connectivity index (χ0n) is 12.6. The van der Waals surface area contributed by atoms with E-state index >= 15 is 0 Å². The van der Waals surface area contributed by atoms with Gasteiger partial charge in [-0.1, -0.05) is 57.9 Å². The number of hydrogen-bond donors (Lipinski definition) is 0. The van der Waals surface area contributed by atoms with Gasteiger partial charge in [-0.3, -0.25) is 0 Å². The Hall–Kier alpha value is -1.28. The van der Waals surface area contributed by atoms with Crippen LogP contribution < -0.4 is 4.74 Å². The molecule has 2 aromatic rings. The zero-order chi connectivity index (χ0) is 14.8. The Bertz CT molecular complexity index is 635. The zero-order valence-corrected chi connectivity index (χ0v) is 14.2. The molecule has 21 heavy (non-hydrogen) atoms. The summed E-state index contributed by atoms with van der Waals surface area (Å²) >= 11 is 3.69. The van der Waals surface area contributed by atoms with Crippen LogP contribution >= 0.6 is 15.9 Å². The molecule has 2 atom stereocenters. The van der Waals surface area contributed by atoms with Crippen molar-refractivity contribution in [1.82, 2.24) is 0 Å². The molecule has 2 aromatic carbocycles. The SMILES string of the molecule is Cc1ccc2c(c1)CC(CC(CBr)c1ccccc1C)O2. The normalized spacial score (nSPS) is 18.1. The lowest BCUT2D eigenvalue weighted by Crippen LogP contribution is -2.18. The Balaban J connectivity index is 1.74. The van der Waals surface area contributed by atoms with Gasteiger partial charge in [-0.25, -0.2) is 0 Å². The van der Waals surface area contributed by atoms with Gasteiger partial charge < -0.3 is 4.74 Å². The summed E-state index contributed by atoms with van der Waals surface area (Å²) in [6, 6.07) is 15.2. The van der Waals surface area contributed by atoms with Crippen molar-refractivity contribution in [2.75, 3.05) is 5.33 Å². The van der Waals surface area contributed by atoms with Gasteiger partial charge in [-0.15, -0.1) is 0 Å². The molecule has 2 unspecified atom stereocenters. The van der Waals surface area contributed by atoms with Crippen LogP contribution in [0.1, 0.15) is 34.6 Å². The maximum absolute atomic E-state index is 6.13. The van der Waals surface area contributed by atoms with Gasteiger partial charge in [0, 0.05) is 11.8 Å². The molecule has 0 saturated carbocycles. The second-order valence-electron chi connectivity index (χ2n) is 6.00. The van der Waals surface area contributed by atoms with Crippen molar-refractivity contribution >= 4 is 15.9 Å². The number of halogens is 1. The van der Waals surface area contributed by atoms with Crippen LogP contribution in [-0.4, -0.2) is 11.4 Å².